The molecule has 3 nitrogen and oxygen atoms in total. The van der Waals surface area contributed by atoms with E-state index in [9.17, 15) is 0 Å². The molecule has 434 valence electrons. The van der Waals surface area contributed by atoms with E-state index in [1.54, 1.807) is 286 Å². The highest BCUT2D eigenvalue weighted by Crippen LogP contribution is 2.35. The molecule has 0 fully saturated rings. The van der Waals surface area contributed by atoms with E-state index in [0.29, 0.717) is 18.0 Å². The average Bonchev–Trinajstić information content (AvgIpc) is 3.32. The lowest BCUT2D eigenvalue weighted by Crippen LogP contribution is -2.04. The van der Waals surface area contributed by atoms with Crippen molar-refractivity contribution >= 4 is 411 Å². The van der Waals surface area contributed by atoms with Crippen molar-refractivity contribution in [2.24, 2.45) is 0 Å². The Morgan fingerprint density at radius 3 is 0.903 bits per heavy atom. The van der Waals surface area contributed by atoms with Crippen molar-refractivity contribution in [1.82, 2.24) is 4.98 Å². The molecule has 0 saturated carbocycles. The zero-order valence-corrected chi connectivity index (χ0v) is 72.2. The minimum absolute atomic E-state index is 0. The van der Waals surface area contributed by atoms with Crippen molar-refractivity contribution in [2.45, 2.75) is 109 Å². The molecule has 47 heteroatoms. The molecule has 0 bridgehead atoms. The SMILES string of the molecule is C.C.CC(C)(C)S.CC(C)(C)SSCCCCCO.OCCCCCSSc1ccccn1.S=S=S=S=S=S=S=S=S=S=S=S=S=S=S=S=S=S=S.S=S=S=S=S=S=S=S=S=S=S=S=S=S=S=S=S=S=S=S. The smallest absolute Gasteiger partial charge is 0.106 e. The van der Waals surface area contributed by atoms with Gasteiger partial charge >= 0.3 is 0 Å². The van der Waals surface area contributed by atoms with E-state index in [1.807, 2.05) is 56.8 Å². The van der Waals surface area contributed by atoms with E-state index in [0.717, 1.165) is 36.5 Å². The van der Waals surface area contributed by atoms with Crippen LogP contribution in [0.5, 0.6) is 0 Å². The lowest BCUT2D eigenvalue weighted by Gasteiger charge is -2.15. The molecule has 1 aromatic rings. The topological polar surface area (TPSA) is 53.4 Å². The second kappa shape index (κ2) is 82.5. The summed E-state index contributed by atoms with van der Waals surface area (Å²) in [7, 11) is 67.3. The Bertz CT molecular complexity index is 3040. The first-order valence-corrected chi connectivity index (χ1v) is 71.5. The summed E-state index contributed by atoms with van der Waals surface area (Å²) in [6.45, 7) is 13.5. The van der Waals surface area contributed by atoms with Gasteiger partial charge in [-0.3, -0.25) is 0 Å². The first-order valence-electron chi connectivity index (χ1n) is 17.1. The number of hydrogen-bond donors (Lipinski definition) is 3. The van der Waals surface area contributed by atoms with Crippen molar-refractivity contribution < 1.29 is 10.2 Å². The van der Waals surface area contributed by atoms with Crippen molar-refractivity contribution in [3.63, 3.8) is 0 Å². The summed E-state index contributed by atoms with van der Waals surface area (Å²) in [6.07, 6.45) is 8.38. The van der Waals surface area contributed by atoms with E-state index >= 15 is 0 Å². The summed E-state index contributed by atoms with van der Waals surface area (Å²) in [6, 6.07) is 5.95. The summed E-state index contributed by atoms with van der Waals surface area (Å²) in [5.74, 6) is 2.34. The molecule has 1 rings (SSSR count). The number of hydrogen-bond acceptors (Lipinski definition) is 12. The van der Waals surface area contributed by atoms with Crippen LogP contribution < -0.4 is 0 Å². The van der Waals surface area contributed by atoms with Gasteiger partial charge in [0, 0.05) is 396 Å². The largest absolute Gasteiger partial charge is 0.396 e. The maximum atomic E-state index is 8.58. The predicted molar refractivity (Wildman–Crippen MR) is 454 cm³/mol. The van der Waals surface area contributed by atoms with Gasteiger partial charge in [-0.25, -0.2) is 4.98 Å². The number of aliphatic hydroxyl groups is 2. The molecular weight excluding hydrogens is 1760 g/mol. The van der Waals surface area contributed by atoms with Crippen LogP contribution in [0.15, 0.2) is 29.4 Å². The van der Waals surface area contributed by atoms with Crippen LogP contribution >= 0.6 is 55.8 Å². The fourth-order valence-corrected chi connectivity index (χ4v) is 91.5. The van der Waals surface area contributed by atoms with E-state index in [1.165, 1.54) is 54.1 Å². The molecule has 0 aliphatic carbocycles. The van der Waals surface area contributed by atoms with Crippen LogP contribution in [0.1, 0.15) is 94.9 Å². The maximum absolute atomic E-state index is 8.58. The lowest BCUT2D eigenvalue weighted by molar-refractivity contribution is 0.284. The molecule has 0 amide bonds. The molecule has 0 aliphatic rings. The molecule has 1 aromatic heterocycles. The Kier molecular flexibility index (Phi) is 106. The number of unbranched alkanes of at least 4 members (excludes halogenated alkanes) is 4. The van der Waals surface area contributed by atoms with Crippen molar-refractivity contribution in [3.05, 3.63) is 24.4 Å². The lowest BCUT2D eigenvalue weighted by atomic mass is 10.3. The molecule has 0 spiro atoms. The van der Waals surface area contributed by atoms with Gasteiger partial charge in [-0.2, -0.15) is 12.6 Å². The second-order valence-electron chi connectivity index (χ2n) is 11.2. The summed E-state index contributed by atoms with van der Waals surface area (Å²) >= 11 is 23.1. The zero-order valence-electron chi connectivity index (χ0n) is 36.2. The molecule has 0 aliphatic heterocycles. The van der Waals surface area contributed by atoms with Gasteiger partial charge in [-0.15, -0.1) is 0 Å². The Morgan fingerprint density at radius 2 is 0.681 bits per heavy atom. The fraction of sp³-hybridized carbons (Fsp3) is 0.800. The first-order chi connectivity index (χ1) is 33.8. The fourth-order valence-electron chi connectivity index (χ4n) is 1.97. The average molecular weight is 1810 g/mol. The monoisotopic (exact) mass is 1810 g/mol. The van der Waals surface area contributed by atoms with Crippen LogP contribution in [0.3, 0.4) is 0 Å². The third-order valence-electron chi connectivity index (χ3n) is 3.78. The molecule has 0 saturated heterocycles. The quantitative estimate of drug-likeness (QED) is 0.101. The highest BCUT2D eigenvalue weighted by molar-refractivity contribution is 8.80. The highest BCUT2D eigenvalue weighted by Gasteiger charge is 2.10. The van der Waals surface area contributed by atoms with Crippen LogP contribution in [0, 0.1) is 0 Å². The first kappa shape index (κ1) is 92.6. The Morgan fingerprint density at radius 1 is 0.417 bits per heavy atom. The van der Waals surface area contributed by atoms with E-state index in [4.69, 9.17) is 55.0 Å². The van der Waals surface area contributed by atoms with Gasteiger partial charge in [0.2, 0.25) is 0 Å². The Balaban J connectivity index is -0.000000196. The number of aromatic nitrogens is 1. The van der Waals surface area contributed by atoms with E-state index in [2.05, 4.69) is 59.2 Å². The molecular formula is C25H53NO2S44. The molecule has 1 heterocycles. The number of aliphatic hydroxyl groups excluding tert-OH is 2. The molecule has 0 radical (unpaired) electrons. The van der Waals surface area contributed by atoms with Gasteiger partial charge in [-0.1, -0.05) is 108 Å². The number of nitrogens with zero attached hydrogens (tertiary/aromatic N) is 1. The van der Waals surface area contributed by atoms with Crippen LogP contribution in [-0.4, -0.2) is 49.4 Å². The van der Waals surface area contributed by atoms with Crippen LogP contribution in [0.4, 0.5) is 0 Å². The minimum Gasteiger partial charge on any atom is -0.396 e. The second-order valence-corrected chi connectivity index (χ2v) is 80.1. The zero-order chi connectivity index (χ0) is 52.8. The summed E-state index contributed by atoms with van der Waals surface area (Å²) in [5.41, 5.74) is 0. The standard InChI is InChI=1S/C10H15NOS2.C9H20OS2.C4H10S.2CH4.S20.S19/c12-8-4-1-5-9-13-14-10-6-2-3-7-11-10;1-9(2,3)12-11-8-6-4-5-7-10;1-4(2,3)5;;;1-3-5-7-9-11-13-15-17-19-20-18-16-14-12-10-8-6-4-2;1-3-5-7-9-11-13-15-17-19-18-16-14-12-10-8-6-4-2/h2-3,6-7,12H,1,4-5,8-9H2;10H,4-8H2,1-3H3;5H,1-3H3;2*1H4;;. The van der Waals surface area contributed by atoms with Gasteiger partial charge in [0.1, 0.15) is 5.03 Å². The van der Waals surface area contributed by atoms with Crippen molar-refractivity contribution in [1.29, 1.82) is 0 Å². The molecule has 0 unspecified atom stereocenters. The molecule has 72 heavy (non-hydrogen) atoms. The third kappa shape index (κ3) is 107. The van der Waals surface area contributed by atoms with Crippen molar-refractivity contribution in [2.75, 3.05) is 24.7 Å². The summed E-state index contributed by atoms with van der Waals surface area (Å²) < 4.78 is 0.571. The minimum atomic E-state index is 0. The Hall–Kier alpha value is 9.40. The van der Waals surface area contributed by atoms with Gasteiger partial charge < -0.3 is 10.2 Å². The van der Waals surface area contributed by atoms with Gasteiger partial charge in [0.05, 0.1) is 0 Å². The van der Waals surface area contributed by atoms with Crippen LogP contribution in [-0.2, 0) is 356 Å². The van der Waals surface area contributed by atoms with Crippen LogP contribution in [0.25, 0.3) is 0 Å². The van der Waals surface area contributed by atoms with Crippen molar-refractivity contribution in [3.8, 4) is 0 Å². The van der Waals surface area contributed by atoms with Gasteiger partial charge in [0.15, 0.2) is 0 Å². The van der Waals surface area contributed by atoms with Gasteiger partial charge in [-0.05, 0) is 48.6 Å². The molecule has 0 atom stereocenters. The Labute approximate surface area is 572 Å². The normalized spacial score (nSPS) is 8.85. The van der Waals surface area contributed by atoms with E-state index in [-0.39, 0.29) is 19.6 Å². The molecule has 0 aromatic carbocycles. The van der Waals surface area contributed by atoms with Crippen LogP contribution in [0.2, 0.25) is 0 Å². The number of pyridine rings is 1. The summed E-state index contributed by atoms with van der Waals surface area (Å²) in [5, 5.41) is 18.2. The number of thiol groups is 1. The van der Waals surface area contributed by atoms with E-state index < -0.39 is 0 Å². The third-order valence-corrected chi connectivity index (χ3v) is 82.9. The number of rotatable bonds is 13. The molecule has 2 N–H and O–H groups in total. The summed E-state index contributed by atoms with van der Waals surface area (Å²) in [4.78, 5) is 4.21. The highest BCUT2D eigenvalue weighted by atomic mass is 33.5. The van der Waals surface area contributed by atoms with Gasteiger partial charge in [0.25, 0.3) is 0 Å². The maximum Gasteiger partial charge on any atom is 0.106 e. The predicted octanol–water partition coefficient (Wildman–Crippen LogP) is 9.21.